The van der Waals surface area contributed by atoms with Crippen LogP contribution in [0.2, 0.25) is 0 Å². The van der Waals surface area contributed by atoms with Crippen molar-refractivity contribution in [2.24, 2.45) is 0 Å². The fourth-order valence-electron chi connectivity index (χ4n) is 4.06. The van der Waals surface area contributed by atoms with Crippen LogP contribution in [0.3, 0.4) is 0 Å². The summed E-state index contributed by atoms with van der Waals surface area (Å²) in [6.45, 7) is 5.33. The molecule has 0 amide bonds. The number of nitrogens with zero attached hydrogens (tertiary/aromatic N) is 1. The van der Waals surface area contributed by atoms with Gasteiger partial charge in [0.05, 0.1) is 12.8 Å². The summed E-state index contributed by atoms with van der Waals surface area (Å²) in [6.07, 6.45) is 2.54. The van der Waals surface area contributed by atoms with Crippen LogP contribution in [0.4, 0.5) is 5.69 Å². The lowest BCUT2D eigenvalue weighted by Gasteiger charge is -2.22. The number of benzene rings is 3. The molecule has 3 heteroatoms. The predicted molar refractivity (Wildman–Crippen MR) is 114 cm³/mol. The minimum absolute atomic E-state index is 0.286. The van der Waals surface area contributed by atoms with Gasteiger partial charge in [0.1, 0.15) is 5.75 Å². The van der Waals surface area contributed by atoms with Crippen molar-refractivity contribution in [1.82, 2.24) is 5.32 Å². The largest absolute Gasteiger partial charge is 0.495 e. The molecule has 1 aliphatic rings. The molecule has 0 saturated carbocycles. The van der Waals surface area contributed by atoms with Crippen molar-refractivity contribution in [2.45, 2.75) is 32.4 Å². The molecule has 27 heavy (non-hydrogen) atoms. The van der Waals surface area contributed by atoms with E-state index in [9.17, 15) is 0 Å². The number of methoxy groups -OCH3 is 1. The Bertz CT molecular complexity index is 910. The monoisotopic (exact) mass is 360 g/mol. The summed E-state index contributed by atoms with van der Waals surface area (Å²) in [4.78, 5) is 2.44. The third kappa shape index (κ3) is 3.79. The highest BCUT2D eigenvalue weighted by Crippen LogP contribution is 2.32. The Hall–Kier alpha value is -2.52. The Morgan fingerprint density at radius 3 is 2.59 bits per heavy atom. The van der Waals surface area contributed by atoms with Crippen LogP contribution in [0.25, 0.3) is 10.8 Å². The molecule has 0 radical (unpaired) electrons. The number of anilines is 1. The second kappa shape index (κ2) is 8.01. The van der Waals surface area contributed by atoms with Crippen LogP contribution < -0.4 is 15.0 Å². The molecule has 0 bridgehead atoms. The Labute approximate surface area is 162 Å². The number of nitrogens with one attached hydrogen (secondary N) is 1. The molecular weight excluding hydrogens is 332 g/mol. The van der Waals surface area contributed by atoms with Gasteiger partial charge in [-0.05, 0) is 53.8 Å². The number of hydrogen-bond donors (Lipinski definition) is 1. The van der Waals surface area contributed by atoms with E-state index in [-0.39, 0.29) is 6.04 Å². The number of rotatable bonds is 6. The van der Waals surface area contributed by atoms with Gasteiger partial charge >= 0.3 is 0 Å². The molecule has 0 unspecified atom stereocenters. The summed E-state index contributed by atoms with van der Waals surface area (Å²) in [5.41, 5.74) is 3.87. The number of fused-ring (bicyclic) bond motifs is 1. The van der Waals surface area contributed by atoms with E-state index in [1.165, 1.54) is 40.4 Å². The smallest absolute Gasteiger partial charge is 0.142 e. The van der Waals surface area contributed by atoms with Gasteiger partial charge in [-0.1, -0.05) is 48.5 Å². The van der Waals surface area contributed by atoms with E-state index in [4.69, 9.17) is 4.74 Å². The van der Waals surface area contributed by atoms with Gasteiger partial charge in [-0.15, -0.1) is 0 Å². The van der Waals surface area contributed by atoms with Crippen molar-refractivity contribution >= 4 is 16.5 Å². The summed E-state index contributed by atoms with van der Waals surface area (Å²) >= 11 is 0. The minimum atomic E-state index is 0.286. The van der Waals surface area contributed by atoms with Gasteiger partial charge in [-0.3, -0.25) is 0 Å². The van der Waals surface area contributed by atoms with E-state index in [1.807, 2.05) is 0 Å². The SMILES string of the molecule is COc1ccc(CN[C@H](C)c2cccc3ccccc23)cc1N1CCCC1. The van der Waals surface area contributed by atoms with Gasteiger partial charge in [-0.25, -0.2) is 0 Å². The summed E-state index contributed by atoms with van der Waals surface area (Å²) in [5.74, 6) is 0.975. The lowest BCUT2D eigenvalue weighted by molar-refractivity contribution is 0.414. The first kappa shape index (κ1) is 17.9. The molecular formula is C24H28N2O. The first-order chi connectivity index (χ1) is 13.3. The maximum absolute atomic E-state index is 5.59. The maximum Gasteiger partial charge on any atom is 0.142 e. The van der Waals surface area contributed by atoms with Gasteiger partial charge in [0, 0.05) is 25.7 Å². The molecule has 1 saturated heterocycles. The van der Waals surface area contributed by atoms with E-state index in [1.54, 1.807) is 7.11 Å². The summed E-state index contributed by atoms with van der Waals surface area (Å²) in [6, 6.07) is 22.0. The van der Waals surface area contributed by atoms with E-state index >= 15 is 0 Å². The molecule has 0 aliphatic carbocycles. The third-order valence-corrected chi connectivity index (χ3v) is 5.59. The Morgan fingerprint density at radius 2 is 1.78 bits per heavy atom. The molecule has 0 aromatic heterocycles. The lowest BCUT2D eigenvalue weighted by atomic mass is 9.99. The van der Waals surface area contributed by atoms with Gasteiger partial charge in [0.2, 0.25) is 0 Å². The molecule has 1 atom stereocenters. The van der Waals surface area contributed by atoms with E-state index in [0.717, 1.165) is 25.4 Å². The summed E-state index contributed by atoms with van der Waals surface area (Å²) in [5, 5.41) is 6.33. The van der Waals surface area contributed by atoms with Crippen LogP contribution in [0, 0.1) is 0 Å². The zero-order valence-electron chi connectivity index (χ0n) is 16.2. The second-order valence-electron chi connectivity index (χ2n) is 7.37. The van der Waals surface area contributed by atoms with Gasteiger partial charge < -0.3 is 15.0 Å². The zero-order chi connectivity index (χ0) is 18.6. The highest BCUT2D eigenvalue weighted by molar-refractivity contribution is 5.86. The standard InChI is InChI=1S/C24H28N2O/c1-18(21-11-7-9-20-8-3-4-10-22(20)21)25-17-19-12-13-24(27-2)23(16-19)26-14-5-6-15-26/h3-4,7-13,16,18,25H,5-6,14-15,17H2,1-2H3/t18-/m1/s1. The predicted octanol–water partition coefficient (Wildman–Crippen LogP) is 5.30. The Kier molecular flexibility index (Phi) is 5.30. The zero-order valence-corrected chi connectivity index (χ0v) is 16.2. The van der Waals surface area contributed by atoms with Crippen LogP contribution in [0.15, 0.2) is 60.7 Å². The van der Waals surface area contributed by atoms with Crippen LogP contribution in [0.1, 0.15) is 36.9 Å². The maximum atomic E-state index is 5.59. The topological polar surface area (TPSA) is 24.5 Å². The fourth-order valence-corrected chi connectivity index (χ4v) is 4.06. The van der Waals surface area contributed by atoms with E-state index in [2.05, 4.69) is 77.8 Å². The summed E-state index contributed by atoms with van der Waals surface area (Å²) in [7, 11) is 1.76. The van der Waals surface area contributed by atoms with Gasteiger partial charge in [-0.2, -0.15) is 0 Å². The van der Waals surface area contributed by atoms with Crippen LogP contribution >= 0.6 is 0 Å². The Morgan fingerprint density at radius 1 is 1.00 bits per heavy atom. The molecule has 4 rings (SSSR count). The van der Waals surface area contributed by atoms with Crippen molar-refractivity contribution < 1.29 is 4.74 Å². The summed E-state index contributed by atoms with van der Waals surface area (Å²) < 4.78 is 5.59. The average Bonchev–Trinajstić information content (AvgIpc) is 3.26. The quantitative estimate of drug-likeness (QED) is 0.645. The first-order valence-corrected chi connectivity index (χ1v) is 9.89. The average molecular weight is 361 g/mol. The highest BCUT2D eigenvalue weighted by atomic mass is 16.5. The molecule has 1 fully saturated rings. The van der Waals surface area contributed by atoms with E-state index < -0.39 is 0 Å². The van der Waals surface area contributed by atoms with Crippen molar-refractivity contribution in [3.63, 3.8) is 0 Å². The lowest BCUT2D eigenvalue weighted by Crippen LogP contribution is -2.20. The molecule has 3 aromatic rings. The normalized spacial score (nSPS) is 15.3. The van der Waals surface area contributed by atoms with E-state index in [0.29, 0.717) is 0 Å². The first-order valence-electron chi connectivity index (χ1n) is 9.89. The second-order valence-corrected chi connectivity index (χ2v) is 7.37. The molecule has 1 N–H and O–H groups in total. The molecule has 1 heterocycles. The third-order valence-electron chi connectivity index (χ3n) is 5.59. The van der Waals surface area contributed by atoms with Crippen molar-refractivity contribution in [2.75, 3.05) is 25.1 Å². The molecule has 1 aliphatic heterocycles. The Balaban J connectivity index is 1.52. The fraction of sp³-hybridized carbons (Fsp3) is 0.333. The van der Waals surface area contributed by atoms with Crippen LogP contribution in [-0.4, -0.2) is 20.2 Å². The van der Waals surface area contributed by atoms with Crippen molar-refractivity contribution in [3.05, 3.63) is 71.8 Å². The van der Waals surface area contributed by atoms with Crippen LogP contribution in [0.5, 0.6) is 5.75 Å². The molecule has 3 nitrogen and oxygen atoms in total. The minimum Gasteiger partial charge on any atom is -0.495 e. The van der Waals surface area contributed by atoms with Crippen molar-refractivity contribution in [1.29, 1.82) is 0 Å². The van der Waals surface area contributed by atoms with Gasteiger partial charge in [0.25, 0.3) is 0 Å². The molecule has 3 aromatic carbocycles. The highest BCUT2D eigenvalue weighted by Gasteiger charge is 2.17. The van der Waals surface area contributed by atoms with Crippen LogP contribution in [-0.2, 0) is 6.54 Å². The number of hydrogen-bond acceptors (Lipinski definition) is 3. The molecule has 0 spiro atoms. The molecule has 140 valence electrons. The van der Waals surface area contributed by atoms with Gasteiger partial charge in [0.15, 0.2) is 0 Å². The van der Waals surface area contributed by atoms with Crippen molar-refractivity contribution in [3.8, 4) is 5.75 Å². The number of ether oxygens (including phenoxy) is 1.